The van der Waals surface area contributed by atoms with Crippen LogP contribution < -0.4 is 0 Å². The third kappa shape index (κ3) is 24.3. The summed E-state index contributed by atoms with van der Waals surface area (Å²) in [6.45, 7) is 7.54. The Labute approximate surface area is 270 Å². The van der Waals surface area contributed by atoms with Crippen LogP contribution >= 0.6 is 0 Å². The number of unbranched alkanes of at least 4 members (excludes halogenated alkanes) is 21. The fourth-order valence-corrected chi connectivity index (χ4v) is 6.90. The standard InChI is InChI=1S/C39H77NO3/c1-4-6-8-10-12-14-16-18-20-22-24-29-33-40(36-38(43-35-34-42-3)37-30-26-25-27-31-37)39(41)32-28-23-21-19-17-15-13-11-9-7-5-2/h37-38H,4-36H2,1-3H3. The summed E-state index contributed by atoms with van der Waals surface area (Å²) in [6.07, 6.45) is 38.1. The minimum Gasteiger partial charge on any atom is -0.382 e. The van der Waals surface area contributed by atoms with Gasteiger partial charge < -0.3 is 14.4 Å². The number of rotatable bonds is 32. The average molecular weight is 608 g/mol. The van der Waals surface area contributed by atoms with E-state index >= 15 is 0 Å². The number of carbonyl (C=O) groups is 1. The summed E-state index contributed by atoms with van der Waals surface area (Å²) in [7, 11) is 1.75. The number of ether oxygens (including phenoxy) is 2. The molecule has 1 aliphatic rings. The predicted octanol–water partition coefficient (Wildman–Crippen LogP) is 11.8. The lowest BCUT2D eigenvalue weighted by molar-refractivity contribution is -0.135. The summed E-state index contributed by atoms with van der Waals surface area (Å²) < 4.78 is 11.7. The van der Waals surface area contributed by atoms with Crippen LogP contribution in [0.25, 0.3) is 0 Å². The Morgan fingerprint density at radius 1 is 0.605 bits per heavy atom. The smallest absolute Gasteiger partial charge is 0.222 e. The molecular formula is C39H77NO3. The molecule has 1 unspecified atom stereocenters. The highest BCUT2D eigenvalue weighted by Crippen LogP contribution is 2.29. The van der Waals surface area contributed by atoms with Crippen molar-refractivity contribution in [2.45, 2.75) is 206 Å². The van der Waals surface area contributed by atoms with Crippen LogP contribution in [0.2, 0.25) is 0 Å². The molecule has 0 aliphatic heterocycles. The fourth-order valence-electron chi connectivity index (χ4n) is 6.90. The van der Waals surface area contributed by atoms with Crippen molar-refractivity contribution in [3.05, 3.63) is 0 Å². The van der Waals surface area contributed by atoms with Gasteiger partial charge in [-0.25, -0.2) is 0 Å². The first-order valence-electron chi connectivity index (χ1n) is 19.6. The van der Waals surface area contributed by atoms with Crippen molar-refractivity contribution < 1.29 is 14.3 Å². The van der Waals surface area contributed by atoms with Gasteiger partial charge in [0.25, 0.3) is 0 Å². The third-order valence-corrected chi connectivity index (χ3v) is 9.82. The maximum Gasteiger partial charge on any atom is 0.222 e. The molecule has 0 spiro atoms. The summed E-state index contributed by atoms with van der Waals surface area (Å²) in [5, 5.41) is 0. The molecular weight excluding hydrogens is 530 g/mol. The molecule has 43 heavy (non-hydrogen) atoms. The average Bonchev–Trinajstić information content (AvgIpc) is 3.03. The molecule has 0 heterocycles. The second-order valence-corrected chi connectivity index (χ2v) is 13.8. The lowest BCUT2D eigenvalue weighted by Crippen LogP contribution is -2.43. The van der Waals surface area contributed by atoms with Gasteiger partial charge in [-0.2, -0.15) is 0 Å². The molecule has 0 aromatic carbocycles. The summed E-state index contributed by atoms with van der Waals surface area (Å²) in [4.78, 5) is 15.7. The Morgan fingerprint density at radius 2 is 1.05 bits per heavy atom. The number of methoxy groups -OCH3 is 1. The molecule has 1 rings (SSSR count). The molecule has 4 nitrogen and oxygen atoms in total. The molecule has 1 fully saturated rings. The third-order valence-electron chi connectivity index (χ3n) is 9.82. The second-order valence-electron chi connectivity index (χ2n) is 13.8. The van der Waals surface area contributed by atoms with E-state index in [1.165, 1.54) is 167 Å². The van der Waals surface area contributed by atoms with E-state index in [9.17, 15) is 4.79 Å². The largest absolute Gasteiger partial charge is 0.382 e. The van der Waals surface area contributed by atoms with Gasteiger partial charge in [0.1, 0.15) is 0 Å². The minimum atomic E-state index is 0.161. The lowest BCUT2D eigenvalue weighted by Gasteiger charge is -2.34. The predicted molar refractivity (Wildman–Crippen MR) is 187 cm³/mol. The highest BCUT2D eigenvalue weighted by Gasteiger charge is 2.28. The maximum absolute atomic E-state index is 13.5. The molecule has 0 bridgehead atoms. The fraction of sp³-hybridized carbons (Fsp3) is 0.974. The molecule has 1 atom stereocenters. The lowest BCUT2D eigenvalue weighted by atomic mass is 9.85. The van der Waals surface area contributed by atoms with Gasteiger partial charge in [0.05, 0.1) is 19.3 Å². The van der Waals surface area contributed by atoms with E-state index in [1.807, 2.05) is 0 Å². The van der Waals surface area contributed by atoms with E-state index in [-0.39, 0.29) is 6.10 Å². The molecule has 0 saturated heterocycles. The second kappa shape index (κ2) is 31.4. The van der Waals surface area contributed by atoms with E-state index in [0.717, 1.165) is 25.9 Å². The van der Waals surface area contributed by atoms with Crippen molar-refractivity contribution in [1.29, 1.82) is 0 Å². The van der Waals surface area contributed by atoms with E-state index in [2.05, 4.69) is 18.7 Å². The highest BCUT2D eigenvalue weighted by atomic mass is 16.5. The van der Waals surface area contributed by atoms with Crippen molar-refractivity contribution in [3.8, 4) is 0 Å². The van der Waals surface area contributed by atoms with E-state index in [4.69, 9.17) is 9.47 Å². The molecule has 256 valence electrons. The van der Waals surface area contributed by atoms with Gasteiger partial charge in [-0.05, 0) is 31.6 Å². The van der Waals surface area contributed by atoms with Gasteiger partial charge in [0.2, 0.25) is 5.91 Å². The van der Waals surface area contributed by atoms with Gasteiger partial charge in [-0.15, -0.1) is 0 Å². The summed E-state index contributed by atoms with van der Waals surface area (Å²) in [5.41, 5.74) is 0. The van der Waals surface area contributed by atoms with Crippen LogP contribution in [-0.4, -0.2) is 50.3 Å². The first kappa shape index (κ1) is 40.4. The Kier molecular flexibility index (Phi) is 29.5. The molecule has 1 amide bonds. The Morgan fingerprint density at radius 3 is 1.51 bits per heavy atom. The van der Waals surface area contributed by atoms with Gasteiger partial charge in [0.15, 0.2) is 0 Å². The van der Waals surface area contributed by atoms with Gasteiger partial charge in [-0.3, -0.25) is 4.79 Å². The number of carbonyl (C=O) groups excluding carboxylic acids is 1. The van der Waals surface area contributed by atoms with Crippen molar-refractivity contribution in [2.24, 2.45) is 5.92 Å². The zero-order valence-corrected chi connectivity index (χ0v) is 29.7. The van der Waals surface area contributed by atoms with Gasteiger partial charge in [-0.1, -0.05) is 168 Å². The number of nitrogens with zero attached hydrogens (tertiary/aromatic N) is 1. The van der Waals surface area contributed by atoms with Crippen LogP contribution in [0.4, 0.5) is 0 Å². The Hall–Kier alpha value is -0.610. The SMILES string of the molecule is CCCCCCCCCCCCCCN(CC(OCCOC)C1CCCCC1)C(=O)CCCCCCCCCCCCC. The zero-order chi connectivity index (χ0) is 31.1. The van der Waals surface area contributed by atoms with E-state index in [0.29, 0.717) is 31.5 Å². The maximum atomic E-state index is 13.5. The van der Waals surface area contributed by atoms with Crippen LogP contribution in [-0.2, 0) is 14.3 Å². The van der Waals surface area contributed by atoms with Crippen LogP contribution in [0.3, 0.4) is 0 Å². The van der Waals surface area contributed by atoms with Crippen LogP contribution in [0.15, 0.2) is 0 Å². The molecule has 0 aromatic heterocycles. The topological polar surface area (TPSA) is 38.8 Å². The number of hydrogen-bond donors (Lipinski definition) is 0. The molecule has 1 aliphatic carbocycles. The van der Waals surface area contributed by atoms with Gasteiger partial charge in [0, 0.05) is 26.6 Å². The van der Waals surface area contributed by atoms with Crippen LogP contribution in [0.5, 0.6) is 0 Å². The number of amides is 1. The first-order chi connectivity index (χ1) is 21.2. The Bertz CT molecular complexity index is 577. The molecule has 1 saturated carbocycles. The van der Waals surface area contributed by atoms with Gasteiger partial charge >= 0.3 is 0 Å². The first-order valence-corrected chi connectivity index (χ1v) is 19.6. The normalized spacial score (nSPS) is 14.8. The van der Waals surface area contributed by atoms with Crippen molar-refractivity contribution in [2.75, 3.05) is 33.4 Å². The summed E-state index contributed by atoms with van der Waals surface area (Å²) in [6, 6.07) is 0. The monoisotopic (exact) mass is 608 g/mol. The molecule has 0 N–H and O–H groups in total. The van der Waals surface area contributed by atoms with Crippen LogP contribution in [0, 0.1) is 5.92 Å². The zero-order valence-electron chi connectivity index (χ0n) is 29.7. The minimum absolute atomic E-state index is 0.161. The summed E-state index contributed by atoms with van der Waals surface area (Å²) in [5.74, 6) is 0.958. The molecule has 4 heteroatoms. The van der Waals surface area contributed by atoms with Crippen LogP contribution in [0.1, 0.15) is 200 Å². The van der Waals surface area contributed by atoms with Crippen molar-refractivity contribution in [3.63, 3.8) is 0 Å². The highest BCUT2D eigenvalue weighted by molar-refractivity contribution is 5.76. The molecule has 0 radical (unpaired) electrons. The quantitative estimate of drug-likeness (QED) is 0.0714. The van der Waals surface area contributed by atoms with E-state index in [1.54, 1.807) is 7.11 Å². The van der Waals surface area contributed by atoms with Crippen molar-refractivity contribution in [1.82, 2.24) is 4.90 Å². The molecule has 0 aromatic rings. The number of hydrogen-bond acceptors (Lipinski definition) is 3. The summed E-state index contributed by atoms with van der Waals surface area (Å²) >= 11 is 0. The Balaban J connectivity index is 2.41. The van der Waals surface area contributed by atoms with E-state index < -0.39 is 0 Å². The van der Waals surface area contributed by atoms with Crippen molar-refractivity contribution >= 4 is 5.91 Å².